The van der Waals surface area contributed by atoms with Gasteiger partial charge in [0.05, 0.1) is 30.9 Å². The molecule has 1 saturated carbocycles. The van der Waals surface area contributed by atoms with Crippen molar-refractivity contribution in [3.63, 3.8) is 0 Å². The minimum absolute atomic E-state index is 0.430. The molecule has 0 aliphatic heterocycles. The molecule has 2 rings (SSSR count). The number of rotatable bonds is 7. The van der Waals surface area contributed by atoms with E-state index in [1.54, 1.807) is 0 Å². The summed E-state index contributed by atoms with van der Waals surface area (Å²) >= 11 is 0. The summed E-state index contributed by atoms with van der Waals surface area (Å²) in [5.74, 6) is 0. The van der Waals surface area contributed by atoms with E-state index >= 15 is 0 Å². The number of aryl methyl sites for hydroxylation is 1. The number of imidazole rings is 1. The fourth-order valence-corrected chi connectivity index (χ4v) is 2.74. The summed E-state index contributed by atoms with van der Waals surface area (Å²) in [5, 5.41) is 3.61. The Balaban J connectivity index is 1.68. The molecular weight excluding hydrogens is 238 g/mol. The highest BCUT2D eigenvalue weighted by Gasteiger charge is 2.21. The van der Waals surface area contributed by atoms with Gasteiger partial charge in [0.2, 0.25) is 0 Å². The van der Waals surface area contributed by atoms with Crippen LogP contribution in [0.25, 0.3) is 0 Å². The molecule has 1 aromatic rings. The van der Waals surface area contributed by atoms with E-state index in [4.69, 9.17) is 4.74 Å². The van der Waals surface area contributed by atoms with Crippen LogP contribution in [-0.2, 0) is 17.9 Å². The summed E-state index contributed by atoms with van der Waals surface area (Å²) in [6.45, 7) is 7.16. The number of nitrogens with one attached hydrogen (secondary N) is 1. The van der Waals surface area contributed by atoms with Crippen molar-refractivity contribution in [3.05, 3.63) is 18.2 Å². The molecule has 1 heterocycles. The lowest BCUT2D eigenvalue weighted by Crippen LogP contribution is -2.35. The molecule has 0 spiro atoms. The van der Waals surface area contributed by atoms with Crippen molar-refractivity contribution >= 4 is 0 Å². The van der Waals surface area contributed by atoms with Gasteiger partial charge in [-0.15, -0.1) is 0 Å². The molecule has 1 N–H and O–H groups in total. The zero-order chi connectivity index (χ0) is 13.5. The highest BCUT2D eigenvalue weighted by atomic mass is 16.5. The molecule has 0 aromatic carbocycles. The maximum Gasteiger partial charge on any atom is 0.0948 e. The molecule has 0 saturated heterocycles. The summed E-state index contributed by atoms with van der Waals surface area (Å²) in [6, 6.07) is 0.709. The second kappa shape index (κ2) is 7.65. The second-order valence-electron chi connectivity index (χ2n) is 5.41. The number of nitrogens with zero attached hydrogens (tertiary/aromatic N) is 2. The molecule has 4 heteroatoms. The van der Waals surface area contributed by atoms with Crippen LogP contribution >= 0.6 is 0 Å². The normalized spacial score (nSPS) is 23.7. The van der Waals surface area contributed by atoms with E-state index in [1.807, 2.05) is 12.5 Å². The Kier molecular flexibility index (Phi) is 5.86. The maximum absolute atomic E-state index is 6.03. The van der Waals surface area contributed by atoms with Gasteiger partial charge in [-0.25, -0.2) is 4.98 Å². The van der Waals surface area contributed by atoms with Gasteiger partial charge in [0.1, 0.15) is 0 Å². The number of hydrogen-bond donors (Lipinski definition) is 1. The van der Waals surface area contributed by atoms with Crippen molar-refractivity contribution in [2.45, 2.75) is 71.2 Å². The summed E-state index contributed by atoms with van der Waals surface area (Å²) < 4.78 is 8.18. The lowest BCUT2D eigenvalue weighted by Gasteiger charge is -2.29. The van der Waals surface area contributed by atoms with E-state index in [1.165, 1.54) is 37.8 Å². The van der Waals surface area contributed by atoms with Gasteiger partial charge in [0, 0.05) is 12.6 Å². The molecule has 0 unspecified atom stereocenters. The molecule has 108 valence electrons. The highest BCUT2D eigenvalue weighted by molar-refractivity contribution is 4.96. The predicted octanol–water partition coefficient (Wildman–Crippen LogP) is 2.73. The van der Waals surface area contributed by atoms with Crippen LogP contribution in [0.4, 0.5) is 0 Å². The van der Waals surface area contributed by atoms with Crippen LogP contribution in [0.1, 0.15) is 51.6 Å². The first-order chi connectivity index (χ1) is 9.33. The van der Waals surface area contributed by atoms with Gasteiger partial charge < -0.3 is 14.6 Å². The average Bonchev–Trinajstić information content (AvgIpc) is 2.91. The molecule has 1 aliphatic rings. The first kappa shape index (κ1) is 14.5. The van der Waals surface area contributed by atoms with Crippen LogP contribution < -0.4 is 5.32 Å². The Morgan fingerprint density at radius 2 is 2.11 bits per heavy atom. The fourth-order valence-electron chi connectivity index (χ4n) is 2.74. The first-order valence-corrected chi connectivity index (χ1v) is 7.67. The standard InChI is InChI=1S/C15H27N3O/c1-3-9-17-13-5-7-15(8-6-13)19-11-14-10-16-12-18(14)4-2/h10,12-13,15,17H,3-9,11H2,1-2H3. The summed E-state index contributed by atoms with van der Waals surface area (Å²) in [5.41, 5.74) is 1.19. The van der Waals surface area contributed by atoms with Crippen LogP contribution in [0.2, 0.25) is 0 Å². The lowest BCUT2D eigenvalue weighted by atomic mass is 9.93. The molecule has 19 heavy (non-hydrogen) atoms. The van der Waals surface area contributed by atoms with Gasteiger partial charge in [-0.05, 0) is 45.6 Å². The Bertz CT molecular complexity index is 356. The fraction of sp³-hybridized carbons (Fsp3) is 0.800. The van der Waals surface area contributed by atoms with E-state index in [-0.39, 0.29) is 0 Å². The Morgan fingerprint density at radius 3 is 2.79 bits per heavy atom. The lowest BCUT2D eigenvalue weighted by molar-refractivity contribution is 0.00864. The van der Waals surface area contributed by atoms with Crippen LogP contribution in [0.3, 0.4) is 0 Å². The third kappa shape index (κ3) is 4.32. The largest absolute Gasteiger partial charge is 0.372 e. The maximum atomic E-state index is 6.03. The second-order valence-corrected chi connectivity index (χ2v) is 5.41. The zero-order valence-electron chi connectivity index (χ0n) is 12.3. The van der Waals surface area contributed by atoms with Gasteiger partial charge in [-0.3, -0.25) is 0 Å². The van der Waals surface area contributed by atoms with Crippen LogP contribution in [0.15, 0.2) is 12.5 Å². The Hall–Kier alpha value is -0.870. The predicted molar refractivity (Wildman–Crippen MR) is 77.0 cm³/mol. The quantitative estimate of drug-likeness (QED) is 0.824. The topological polar surface area (TPSA) is 39.1 Å². The average molecular weight is 265 g/mol. The van der Waals surface area contributed by atoms with Gasteiger partial charge in [0.25, 0.3) is 0 Å². The summed E-state index contributed by atoms with van der Waals surface area (Å²) in [7, 11) is 0. The molecular formula is C15H27N3O. The molecule has 0 bridgehead atoms. The van der Waals surface area contributed by atoms with E-state index in [2.05, 4.69) is 28.7 Å². The summed E-state index contributed by atoms with van der Waals surface area (Å²) in [6.07, 6.45) is 10.3. The van der Waals surface area contributed by atoms with Crippen LogP contribution in [0, 0.1) is 0 Å². The number of aromatic nitrogens is 2. The molecule has 4 nitrogen and oxygen atoms in total. The molecule has 0 atom stereocenters. The van der Waals surface area contributed by atoms with E-state index < -0.39 is 0 Å². The molecule has 0 radical (unpaired) electrons. The van der Waals surface area contributed by atoms with E-state index in [9.17, 15) is 0 Å². The monoisotopic (exact) mass is 265 g/mol. The van der Waals surface area contributed by atoms with E-state index in [0.29, 0.717) is 18.8 Å². The smallest absolute Gasteiger partial charge is 0.0948 e. The van der Waals surface area contributed by atoms with Crippen molar-refractivity contribution < 1.29 is 4.74 Å². The Labute approximate surface area is 116 Å². The molecule has 0 amide bonds. The van der Waals surface area contributed by atoms with E-state index in [0.717, 1.165) is 13.1 Å². The van der Waals surface area contributed by atoms with Gasteiger partial charge >= 0.3 is 0 Å². The third-order valence-corrected chi connectivity index (χ3v) is 3.96. The van der Waals surface area contributed by atoms with Crippen molar-refractivity contribution in [3.8, 4) is 0 Å². The SMILES string of the molecule is CCCNC1CCC(OCc2cncn2CC)CC1. The third-order valence-electron chi connectivity index (χ3n) is 3.96. The van der Waals surface area contributed by atoms with Crippen LogP contribution in [0.5, 0.6) is 0 Å². The van der Waals surface area contributed by atoms with Crippen molar-refractivity contribution in [2.24, 2.45) is 0 Å². The molecule has 1 fully saturated rings. The molecule has 1 aliphatic carbocycles. The van der Waals surface area contributed by atoms with Gasteiger partial charge in [0.15, 0.2) is 0 Å². The van der Waals surface area contributed by atoms with Crippen molar-refractivity contribution in [1.82, 2.24) is 14.9 Å². The highest BCUT2D eigenvalue weighted by Crippen LogP contribution is 2.22. The number of ether oxygens (including phenoxy) is 1. The minimum Gasteiger partial charge on any atom is -0.372 e. The zero-order valence-corrected chi connectivity index (χ0v) is 12.3. The minimum atomic E-state index is 0.430. The van der Waals surface area contributed by atoms with Crippen molar-refractivity contribution in [1.29, 1.82) is 0 Å². The summed E-state index contributed by atoms with van der Waals surface area (Å²) in [4.78, 5) is 4.18. The van der Waals surface area contributed by atoms with Crippen molar-refractivity contribution in [2.75, 3.05) is 6.54 Å². The number of hydrogen-bond acceptors (Lipinski definition) is 3. The van der Waals surface area contributed by atoms with Gasteiger partial charge in [-0.2, -0.15) is 0 Å². The molecule has 1 aromatic heterocycles. The van der Waals surface area contributed by atoms with Gasteiger partial charge in [-0.1, -0.05) is 6.92 Å². The van der Waals surface area contributed by atoms with Crippen LogP contribution in [-0.4, -0.2) is 28.2 Å². The Morgan fingerprint density at radius 1 is 1.32 bits per heavy atom. The first-order valence-electron chi connectivity index (χ1n) is 7.67.